The van der Waals surface area contributed by atoms with E-state index in [0.29, 0.717) is 50.0 Å². The van der Waals surface area contributed by atoms with Gasteiger partial charge in [0.05, 0.1) is 36.8 Å². The van der Waals surface area contributed by atoms with Gasteiger partial charge in [-0.15, -0.1) is 0 Å². The number of alkyl halides is 3. The zero-order valence-corrected chi connectivity index (χ0v) is 26.2. The molecule has 0 bridgehead atoms. The maximum Gasteiger partial charge on any atom is 0.433 e. The monoisotopic (exact) mass is 652 g/mol. The smallest absolute Gasteiger partial charge is 0.433 e. The molecule has 1 saturated heterocycles. The molecule has 0 unspecified atom stereocenters. The molecular formula is C33H35F3N6O5. The van der Waals surface area contributed by atoms with Crippen molar-refractivity contribution in [2.24, 2.45) is 5.73 Å². The molecule has 3 aromatic heterocycles. The number of piperidine rings is 1. The molecule has 248 valence electrons. The number of methoxy groups -OCH3 is 1. The second kappa shape index (κ2) is 12.8. The molecule has 47 heavy (non-hydrogen) atoms. The minimum atomic E-state index is -4.66. The lowest BCUT2D eigenvalue weighted by Gasteiger charge is -2.32. The van der Waals surface area contributed by atoms with Gasteiger partial charge >= 0.3 is 11.9 Å². The van der Waals surface area contributed by atoms with Crippen molar-refractivity contribution < 1.29 is 31.9 Å². The Hall–Kier alpha value is -4.69. The molecule has 5 aromatic rings. The van der Waals surface area contributed by atoms with Gasteiger partial charge < -0.3 is 24.5 Å². The van der Waals surface area contributed by atoms with Crippen LogP contribution in [0.4, 0.5) is 13.2 Å². The number of aromatic nitrogens is 4. The molecule has 0 aliphatic carbocycles. The average Bonchev–Trinajstić information content (AvgIpc) is 3.61. The van der Waals surface area contributed by atoms with Crippen molar-refractivity contribution >= 4 is 27.8 Å². The van der Waals surface area contributed by atoms with Gasteiger partial charge in [-0.3, -0.25) is 13.9 Å². The predicted molar refractivity (Wildman–Crippen MR) is 168 cm³/mol. The summed E-state index contributed by atoms with van der Waals surface area (Å²) >= 11 is 0. The first-order chi connectivity index (χ1) is 22.5. The third-order valence-corrected chi connectivity index (χ3v) is 8.29. The van der Waals surface area contributed by atoms with Gasteiger partial charge in [0.2, 0.25) is 5.89 Å². The van der Waals surface area contributed by atoms with Crippen molar-refractivity contribution in [2.75, 3.05) is 26.8 Å². The van der Waals surface area contributed by atoms with Crippen LogP contribution in [0.25, 0.3) is 33.4 Å². The second-order valence-electron chi connectivity index (χ2n) is 11.7. The summed E-state index contributed by atoms with van der Waals surface area (Å²) in [4.78, 5) is 37.3. The zero-order valence-electron chi connectivity index (χ0n) is 26.2. The number of carbonyl (C=O) groups excluding carboxylic acids is 1. The number of likely N-dealkylation sites (tertiary alicyclic amines) is 1. The minimum absolute atomic E-state index is 0.00714. The number of nitrogens with two attached hydrogens (primary N) is 1. The molecule has 2 N–H and O–H groups in total. The van der Waals surface area contributed by atoms with Gasteiger partial charge in [-0.05, 0) is 63.1 Å². The summed E-state index contributed by atoms with van der Waals surface area (Å²) in [5, 5.41) is 0.316. The molecule has 2 aromatic carbocycles. The highest BCUT2D eigenvalue weighted by Crippen LogP contribution is 2.38. The van der Waals surface area contributed by atoms with E-state index in [1.807, 2.05) is 28.8 Å². The van der Waals surface area contributed by atoms with Crippen LogP contribution in [0.1, 0.15) is 54.7 Å². The summed E-state index contributed by atoms with van der Waals surface area (Å²) in [7, 11) is 1.59. The van der Waals surface area contributed by atoms with Crippen molar-refractivity contribution in [1.82, 2.24) is 24.0 Å². The third kappa shape index (κ3) is 6.10. The number of nitrogens with zero attached hydrogens (tertiary/aromatic N) is 5. The van der Waals surface area contributed by atoms with Crippen LogP contribution in [0.3, 0.4) is 0 Å². The van der Waals surface area contributed by atoms with Crippen LogP contribution in [0, 0.1) is 0 Å². The fourth-order valence-electron chi connectivity index (χ4n) is 6.12. The summed E-state index contributed by atoms with van der Waals surface area (Å²) < 4.78 is 61.1. The molecule has 1 fully saturated rings. The lowest BCUT2D eigenvalue weighted by molar-refractivity contribution is -0.140. The van der Waals surface area contributed by atoms with E-state index in [9.17, 15) is 22.8 Å². The number of ether oxygens (including phenoxy) is 2. The maximum absolute atomic E-state index is 13.8. The number of benzene rings is 2. The average molecular weight is 653 g/mol. The lowest BCUT2D eigenvalue weighted by atomic mass is 10.0. The highest BCUT2D eigenvalue weighted by Gasteiger charge is 2.34. The molecule has 4 heterocycles. The van der Waals surface area contributed by atoms with Crippen LogP contribution in [0.5, 0.6) is 5.75 Å². The van der Waals surface area contributed by atoms with E-state index >= 15 is 0 Å². The number of hydrogen-bond acceptors (Lipinski definition) is 8. The van der Waals surface area contributed by atoms with E-state index in [1.165, 1.54) is 12.1 Å². The van der Waals surface area contributed by atoms with Gasteiger partial charge in [-0.25, -0.2) is 14.8 Å². The van der Waals surface area contributed by atoms with Gasteiger partial charge in [0.1, 0.15) is 17.0 Å². The molecule has 1 aliphatic rings. The molecule has 0 spiro atoms. The summed E-state index contributed by atoms with van der Waals surface area (Å²) in [5.74, 6) is -0.0206. The third-order valence-electron chi connectivity index (χ3n) is 8.29. The molecule has 0 radical (unpaired) electrons. The Morgan fingerprint density at radius 2 is 1.79 bits per heavy atom. The van der Waals surface area contributed by atoms with Crippen molar-refractivity contribution in [3.8, 4) is 17.2 Å². The van der Waals surface area contributed by atoms with E-state index in [1.54, 1.807) is 36.5 Å². The van der Waals surface area contributed by atoms with Crippen LogP contribution >= 0.6 is 0 Å². The molecule has 1 amide bonds. The summed E-state index contributed by atoms with van der Waals surface area (Å²) in [6.07, 6.45) is -3.88. The highest BCUT2D eigenvalue weighted by molar-refractivity contribution is 5.98. The first-order valence-corrected chi connectivity index (χ1v) is 15.4. The van der Waals surface area contributed by atoms with Gasteiger partial charge in [0, 0.05) is 37.2 Å². The fraction of sp³-hybridized carbons (Fsp3) is 0.394. The first kappa shape index (κ1) is 32.3. The van der Waals surface area contributed by atoms with Crippen LogP contribution in [-0.2, 0) is 24.0 Å². The SMILES string of the molecule is COCCn1c(=O)n(C2CCN(C(=O)c3nc(-c4ccc(OC(C)C)c5nc(C(F)(F)F)ccc45)oc3CN)CC2)c2ccccc21. The quantitative estimate of drug-likeness (QED) is 0.224. The Balaban J connectivity index is 1.28. The standard InChI is InChI=1S/C33H35F3N6O5/c1-19(2)46-25-10-8-22(21-9-11-27(33(34,35)36)38-28(21)25)30-39-29(26(18-37)47-30)31(43)40-14-12-20(13-15-40)42-24-7-5-4-6-23(24)41(32(42)44)16-17-45-3/h4-11,19-20H,12-18,37H2,1-3H3. The van der Waals surface area contributed by atoms with Crippen LogP contribution in [0.15, 0.2) is 57.7 Å². The lowest BCUT2D eigenvalue weighted by Crippen LogP contribution is -2.41. The van der Waals surface area contributed by atoms with Gasteiger partial charge in [0.15, 0.2) is 11.5 Å². The number of hydrogen-bond donors (Lipinski definition) is 1. The maximum atomic E-state index is 13.8. The number of pyridine rings is 1. The van der Waals surface area contributed by atoms with Crippen molar-refractivity contribution in [2.45, 2.75) is 58.1 Å². The summed E-state index contributed by atoms with van der Waals surface area (Å²) in [6.45, 7) is 4.97. The number of fused-ring (bicyclic) bond motifs is 2. The molecule has 6 rings (SSSR count). The van der Waals surface area contributed by atoms with Crippen LogP contribution in [0.2, 0.25) is 0 Å². The van der Waals surface area contributed by atoms with Gasteiger partial charge in [-0.1, -0.05) is 12.1 Å². The topological polar surface area (TPSA) is 131 Å². The van der Waals surface area contributed by atoms with E-state index < -0.39 is 11.9 Å². The number of imidazole rings is 1. The van der Waals surface area contributed by atoms with Crippen LogP contribution < -0.4 is 16.2 Å². The Labute approximate surface area is 267 Å². The first-order valence-electron chi connectivity index (χ1n) is 15.4. The van der Waals surface area contributed by atoms with Gasteiger partial charge in [-0.2, -0.15) is 13.2 Å². The Morgan fingerprint density at radius 3 is 2.45 bits per heavy atom. The molecule has 0 saturated carbocycles. The van der Waals surface area contributed by atoms with Crippen molar-refractivity contribution in [1.29, 1.82) is 0 Å². The molecular weight excluding hydrogens is 617 g/mol. The second-order valence-corrected chi connectivity index (χ2v) is 11.7. The number of oxazole rings is 1. The normalized spacial score (nSPS) is 14.5. The number of amides is 1. The largest absolute Gasteiger partial charge is 0.489 e. The van der Waals surface area contributed by atoms with Crippen molar-refractivity contribution in [3.63, 3.8) is 0 Å². The Morgan fingerprint density at radius 1 is 1.06 bits per heavy atom. The number of para-hydroxylation sites is 2. The molecule has 11 nitrogen and oxygen atoms in total. The van der Waals surface area contributed by atoms with E-state index in [0.717, 1.165) is 17.1 Å². The summed E-state index contributed by atoms with van der Waals surface area (Å²) in [6, 6.07) is 12.8. The number of rotatable bonds is 9. The van der Waals surface area contributed by atoms with Crippen molar-refractivity contribution in [3.05, 3.63) is 76.2 Å². The molecule has 0 atom stereocenters. The molecule has 1 aliphatic heterocycles. The fourth-order valence-corrected chi connectivity index (χ4v) is 6.12. The van der Waals surface area contributed by atoms with E-state index in [2.05, 4.69) is 9.97 Å². The van der Waals surface area contributed by atoms with Gasteiger partial charge in [0.25, 0.3) is 5.91 Å². The minimum Gasteiger partial charge on any atom is -0.489 e. The Bertz CT molecular complexity index is 1990. The summed E-state index contributed by atoms with van der Waals surface area (Å²) in [5.41, 5.74) is 6.81. The van der Waals surface area contributed by atoms with E-state index in [4.69, 9.17) is 19.6 Å². The zero-order chi connectivity index (χ0) is 33.5. The van der Waals surface area contributed by atoms with Crippen LogP contribution in [-0.4, -0.2) is 62.8 Å². The predicted octanol–water partition coefficient (Wildman–Crippen LogP) is 5.39. The number of carbonyl (C=O) groups is 1. The highest BCUT2D eigenvalue weighted by atomic mass is 19.4. The number of halogens is 3. The molecule has 14 heteroatoms. The Kier molecular flexibility index (Phi) is 8.81. The van der Waals surface area contributed by atoms with E-state index in [-0.39, 0.29) is 58.9 Å².